The first kappa shape index (κ1) is 18.4. The maximum absolute atomic E-state index is 12.8. The van der Waals surface area contributed by atoms with Crippen LogP contribution in [0.25, 0.3) is 11.1 Å². The van der Waals surface area contributed by atoms with Gasteiger partial charge in [0.15, 0.2) is 0 Å². The van der Waals surface area contributed by atoms with E-state index in [1.54, 1.807) is 11.9 Å². The van der Waals surface area contributed by atoms with Crippen molar-refractivity contribution in [1.29, 1.82) is 0 Å². The highest BCUT2D eigenvalue weighted by atomic mass is 35.5. The van der Waals surface area contributed by atoms with E-state index >= 15 is 0 Å². The van der Waals surface area contributed by atoms with Gasteiger partial charge in [-0.2, -0.15) is 0 Å². The fraction of sp³-hybridized carbons (Fsp3) is 0.533. The normalized spacial score (nSPS) is 12.3. The monoisotopic (exact) mass is 326 g/mol. The van der Waals surface area contributed by atoms with Crippen LogP contribution in [0.3, 0.4) is 0 Å². The minimum atomic E-state index is -0.0893. The number of aryl methyl sites for hydroxylation is 1. The highest BCUT2D eigenvalue weighted by Crippen LogP contribution is 2.26. The fourth-order valence-electron chi connectivity index (χ4n) is 2.13. The molecule has 1 atom stereocenters. The number of nitrogens with two attached hydrogens (primary N) is 1. The van der Waals surface area contributed by atoms with Gasteiger partial charge in [-0.05, 0) is 25.8 Å². The molecule has 0 saturated carbocycles. The van der Waals surface area contributed by atoms with Gasteiger partial charge in [-0.15, -0.1) is 12.4 Å². The second-order valence-electron chi connectivity index (χ2n) is 5.70. The quantitative estimate of drug-likeness (QED) is 0.933. The highest BCUT2D eigenvalue weighted by Gasteiger charge is 2.23. The first-order chi connectivity index (χ1) is 9.86. The molecule has 2 N–H and O–H groups in total. The lowest BCUT2D eigenvalue weighted by Gasteiger charge is -2.24. The molecule has 2 aromatic heterocycles. The molecule has 0 bridgehead atoms. The summed E-state index contributed by atoms with van der Waals surface area (Å²) in [6.45, 7) is 8.19. The molecule has 0 aromatic carbocycles. The minimum absolute atomic E-state index is 0. The van der Waals surface area contributed by atoms with Crippen LogP contribution < -0.4 is 5.73 Å². The number of carbonyl (C=O) groups is 1. The Bertz CT molecular complexity index is 669. The molecule has 0 fully saturated rings. The molecule has 0 spiro atoms. The average Bonchev–Trinajstić information content (AvgIpc) is 2.85. The zero-order chi connectivity index (χ0) is 15.7. The summed E-state index contributed by atoms with van der Waals surface area (Å²) in [5.41, 5.74) is 8.13. The van der Waals surface area contributed by atoms with Crippen LogP contribution in [0, 0.1) is 6.92 Å². The molecule has 1 unspecified atom stereocenters. The number of likely N-dealkylation sites (N-methyl/N-ethyl adjacent to an activating group) is 1. The number of carbonyl (C=O) groups excluding carboxylic acids is 1. The predicted molar refractivity (Wildman–Crippen MR) is 88.5 cm³/mol. The van der Waals surface area contributed by atoms with Gasteiger partial charge in [0, 0.05) is 25.3 Å². The Morgan fingerprint density at radius 1 is 1.41 bits per heavy atom. The van der Waals surface area contributed by atoms with Gasteiger partial charge in [-0.3, -0.25) is 4.79 Å². The SMILES string of the molecule is Cc1noc2nc(C(C)C)cc(C(=O)N(C)C(C)CN)c12.Cl. The molecule has 0 aliphatic carbocycles. The van der Waals surface area contributed by atoms with Crippen molar-refractivity contribution in [2.45, 2.75) is 39.7 Å². The molecule has 6 nitrogen and oxygen atoms in total. The third-order valence-electron chi connectivity index (χ3n) is 3.78. The topological polar surface area (TPSA) is 85.2 Å². The van der Waals surface area contributed by atoms with E-state index in [4.69, 9.17) is 10.3 Å². The molecule has 7 heteroatoms. The number of fused-ring (bicyclic) bond motifs is 1. The zero-order valence-corrected chi connectivity index (χ0v) is 14.4. The number of amides is 1. The Hall–Kier alpha value is -1.66. The Morgan fingerprint density at radius 3 is 2.59 bits per heavy atom. The Labute approximate surface area is 136 Å². The molecule has 2 aromatic rings. The van der Waals surface area contributed by atoms with E-state index in [2.05, 4.69) is 10.1 Å². The van der Waals surface area contributed by atoms with Crippen molar-refractivity contribution in [2.75, 3.05) is 13.6 Å². The van der Waals surface area contributed by atoms with Crippen molar-refractivity contribution < 1.29 is 9.32 Å². The number of hydrogen-bond donors (Lipinski definition) is 1. The fourth-order valence-corrected chi connectivity index (χ4v) is 2.13. The van der Waals surface area contributed by atoms with Crippen LogP contribution in [0.2, 0.25) is 0 Å². The number of hydrogen-bond acceptors (Lipinski definition) is 5. The maximum Gasteiger partial charge on any atom is 0.259 e. The lowest BCUT2D eigenvalue weighted by atomic mass is 10.0. The summed E-state index contributed by atoms with van der Waals surface area (Å²) in [6.07, 6.45) is 0. The van der Waals surface area contributed by atoms with Crippen LogP contribution >= 0.6 is 12.4 Å². The maximum atomic E-state index is 12.8. The van der Waals surface area contributed by atoms with Gasteiger partial charge in [0.05, 0.1) is 16.6 Å². The van der Waals surface area contributed by atoms with Gasteiger partial charge in [-0.25, -0.2) is 4.98 Å². The van der Waals surface area contributed by atoms with Crippen molar-refractivity contribution in [3.63, 3.8) is 0 Å². The van der Waals surface area contributed by atoms with Crippen molar-refractivity contribution in [2.24, 2.45) is 5.73 Å². The zero-order valence-electron chi connectivity index (χ0n) is 13.6. The third kappa shape index (κ3) is 3.23. The summed E-state index contributed by atoms with van der Waals surface area (Å²) in [5.74, 6) is 0.108. The first-order valence-corrected chi connectivity index (χ1v) is 7.11. The van der Waals surface area contributed by atoms with E-state index < -0.39 is 0 Å². The third-order valence-corrected chi connectivity index (χ3v) is 3.78. The molecule has 0 aliphatic rings. The second kappa shape index (κ2) is 7.07. The van der Waals surface area contributed by atoms with E-state index in [-0.39, 0.29) is 30.3 Å². The number of rotatable bonds is 4. The summed E-state index contributed by atoms with van der Waals surface area (Å²) in [6, 6.07) is 1.79. The van der Waals surface area contributed by atoms with Gasteiger partial charge >= 0.3 is 0 Å². The summed E-state index contributed by atoms with van der Waals surface area (Å²) in [4.78, 5) is 18.8. The number of halogens is 1. The Balaban J connectivity index is 0.00000242. The molecule has 0 radical (unpaired) electrons. The molecule has 2 heterocycles. The largest absolute Gasteiger partial charge is 0.338 e. The van der Waals surface area contributed by atoms with Crippen molar-refractivity contribution >= 4 is 29.4 Å². The van der Waals surface area contributed by atoms with Crippen LogP contribution in [0.1, 0.15) is 48.4 Å². The van der Waals surface area contributed by atoms with Gasteiger partial charge in [0.2, 0.25) is 0 Å². The summed E-state index contributed by atoms with van der Waals surface area (Å²) in [5, 5.41) is 4.61. The van der Waals surface area contributed by atoms with Crippen LogP contribution in [0.4, 0.5) is 0 Å². The van der Waals surface area contributed by atoms with Crippen LogP contribution in [0.5, 0.6) is 0 Å². The molecular weight excluding hydrogens is 304 g/mol. The Kier molecular flexibility index (Phi) is 5.91. The summed E-state index contributed by atoms with van der Waals surface area (Å²) < 4.78 is 5.24. The van der Waals surface area contributed by atoms with Gasteiger partial charge < -0.3 is 15.2 Å². The van der Waals surface area contributed by atoms with Gasteiger partial charge in [0.1, 0.15) is 0 Å². The van der Waals surface area contributed by atoms with E-state index in [0.29, 0.717) is 28.9 Å². The Morgan fingerprint density at radius 2 is 2.05 bits per heavy atom. The lowest BCUT2D eigenvalue weighted by Crippen LogP contribution is -2.39. The molecular formula is C15H23ClN4O2. The molecule has 0 saturated heterocycles. The molecule has 1 amide bonds. The van der Waals surface area contributed by atoms with Crippen molar-refractivity contribution in [3.8, 4) is 0 Å². The average molecular weight is 327 g/mol. The number of pyridine rings is 1. The number of nitrogens with zero attached hydrogens (tertiary/aromatic N) is 3. The van der Waals surface area contributed by atoms with Crippen LogP contribution in [0.15, 0.2) is 10.6 Å². The lowest BCUT2D eigenvalue weighted by molar-refractivity contribution is 0.0750. The van der Waals surface area contributed by atoms with Gasteiger partial charge in [-0.1, -0.05) is 19.0 Å². The van der Waals surface area contributed by atoms with E-state index in [1.807, 2.05) is 33.8 Å². The van der Waals surface area contributed by atoms with Crippen LogP contribution in [-0.2, 0) is 0 Å². The molecule has 122 valence electrons. The van der Waals surface area contributed by atoms with Crippen molar-refractivity contribution in [1.82, 2.24) is 15.0 Å². The van der Waals surface area contributed by atoms with E-state index in [9.17, 15) is 4.79 Å². The molecule has 0 aliphatic heterocycles. The predicted octanol–water partition coefficient (Wildman–Crippen LogP) is 2.50. The molecule has 2 rings (SSSR count). The minimum Gasteiger partial charge on any atom is -0.338 e. The molecule has 22 heavy (non-hydrogen) atoms. The summed E-state index contributed by atoms with van der Waals surface area (Å²) in [7, 11) is 1.75. The van der Waals surface area contributed by atoms with Gasteiger partial charge in [0.25, 0.3) is 11.6 Å². The number of aromatic nitrogens is 2. The van der Waals surface area contributed by atoms with Crippen molar-refractivity contribution in [3.05, 3.63) is 23.0 Å². The highest BCUT2D eigenvalue weighted by molar-refractivity contribution is 6.06. The smallest absolute Gasteiger partial charge is 0.259 e. The first-order valence-electron chi connectivity index (χ1n) is 7.11. The van der Waals surface area contributed by atoms with Crippen LogP contribution in [-0.4, -0.2) is 40.6 Å². The second-order valence-corrected chi connectivity index (χ2v) is 5.70. The van der Waals surface area contributed by atoms with E-state index in [1.165, 1.54) is 0 Å². The summed E-state index contributed by atoms with van der Waals surface area (Å²) >= 11 is 0. The van der Waals surface area contributed by atoms with E-state index in [0.717, 1.165) is 5.69 Å². The standard InChI is InChI=1S/C15H22N4O2.ClH/c1-8(2)12-6-11(15(20)19(5)9(3)7-16)13-10(4)18-21-14(13)17-12;/h6,8-9H,7,16H2,1-5H3;1H.